The summed E-state index contributed by atoms with van der Waals surface area (Å²) in [5.74, 6) is 1.33. The van der Waals surface area contributed by atoms with Gasteiger partial charge in [-0.3, -0.25) is 4.99 Å². The number of carbonyl (C=O) groups excluding carboxylic acids is 1. The van der Waals surface area contributed by atoms with Crippen molar-refractivity contribution < 1.29 is 14.3 Å². The molecule has 0 rings (SSSR count). The summed E-state index contributed by atoms with van der Waals surface area (Å²) >= 11 is 0. The van der Waals surface area contributed by atoms with Crippen LogP contribution in [0.1, 0.15) is 47.5 Å². The Labute approximate surface area is 147 Å². The Bertz CT molecular complexity index is 365. The predicted molar refractivity (Wildman–Crippen MR) is 98.5 cm³/mol. The molecule has 0 aliphatic heterocycles. The van der Waals surface area contributed by atoms with E-state index in [0.29, 0.717) is 12.5 Å². The smallest absolute Gasteiger partial charge is 0.407 e. The van der Waals surface area contributed by atoms with Gasteiger partial charge >= 0.3 is 6.09 Å². The minimum atomic E-state index is -0.465. The Morgan fingerprint density at radius 1 is 1.04 bits per heavy atom. The maximum atomic E-state index is 11.5. The van der Waals surface area contributed by atoms with E-state index >= 15 is 0 Å². The fourth-order valence-corrected chi connectivity index (χ4v) is 1.72. The summed E-state index contributed by atoms with van der Waals surface area (Å²) in [6.45, 7) is 13.5. The van der Waals surface area contributed by atoms with Crippen LogP contribution in [-0.4, -0.2) is 57.5 Å². The van der Waals surface area contributed by atoms with Crippen molar-refractivity contribution in [2.75, 3.05) is 39.9 Å². The van der Waals surface area contributed by atoms with Gasteiger partial charge in [-0.2, -0.15) is 0 Å². The van der Waals surface area contributed by atoms with Crippen molar-refractivity contribution in [1.29, 1.82) is 0 Å². The van der Waals surface area contributed by atoms with Gasteiger partial charge in [-0.25, -0.2) is 4.79 Å². The molecule has 0 spiro atoms. The number of nitrogens with one attached hydrogen (secondary N) is 3. The third-order valence-electron chi connectivity index (χ3n) is 2.75. The van der Waals surface area contributed by atoms with E-state index < -0.39 is 5.60 Å². The monoisotopic (exact) mass is 344 g/mol. The molecule has 24 heavy (non-hydrogen) atoms. The van der Waals surface area contributed by atoms with E-state index in [1.807, 2.05) is 20.8 Å². The number of hydrogen-bond donors (Lipinski definition) is 3. The molecular formula is C17H36N4O3. The molecule has 0 saturated heterocycles. The van der Waals surface area contributed by atoms with E-state index in [1.54, 1.807) is 7.05 Å². The maximum Gasteiger partial charge on any atom is 0.407 e. The highest BCUT2D eigenvalue weighted by Crippen LogP contribution is 2.06. The highest BCUT2D eigenvalue weighted by Gasteiger charge is 2.15. The molecule has 7 heteroatoms. The lowest BCUT2D eigenvalue weighted by Gasteiger charge is -2.19. The van der Waals surface area contributed by atoms with Gasteiger partial charge in [0.15, 0.2) is 5.96 Å². The standard InChI is InChI=1S/C17H36N4O3/c1-14(2)13-23-12-8-11-20-15(18-6)19-9-7-10-21-16(22)24-17(3,4)5/h14H,7-13H2,1-6H3,(H,21,22)(H2,18,19,20). The number of ether oxygens (including phenoxy) is 2. The van der Waals surface area contributed by atoms with Gasteiger partial charge in [0.25, 0.3) is 0 Å². The zero-order chi connectivity index (χ0) is 18.4. The average Bonchev–Trinajstić information content (AvgIpc) is 2.46. The zero-order valence-electron chi connectivity index (χ0n) is 16.2. The lowest BCUT2D eigenvalue weighted by molar-refractivity contribution is 0.0527. The molecule has 0 aromatic carbocycles. The first-order valence-electron chi connectivity index (χ1n) is 8.73. The molecule has 0 aromatic rings. The minimum Gasteiger partial charge on any atom is -0.444 e. The van der Waals surface area contributed by atoms with Crippen LogP contribution in [-0.2, 0) is 9.47 Å². The van der Waals surface area contributed by atoms with Crippen LogP contribution in [0.15, 0.2) is 4.99 Å². The summed E-state index contributed by atoms with van der Waals surface area (Å²) in [5, 5.41) is 9.17. The molecule has 0 heterocycles. The van der Waals surface area contributed by atoms with Gasteiger partial charge in [-0.05, 0) is 39.5 Å². The average molecular weight is 345 g/mol. The highest BCUT2D eigenvalue weighted by atomic mass is 16.6. The number of aliphatic imine (C=N–C) groups is 1. The molecule has 0 unspecified atom stereocenters. The number of alkyl carbamates (subject to hydrolysis) is 1. The lowest BCUT2D eigenvalue weighted by atomic mass is 10.2. The number of rotatable bonds is 10. The topological polar surface area (TPSA) is 84.0 Å². The quantitative estimate of drug-likeness (QED) is 0.321. The van der Waals surface area contributed by atoms with E-state index in [4.69, 9.17) is 9.47 Å². The summed E-state index contributed by atoms with van der Waals surface area (Å²) in [4.78, 5) is 15.6. The summed E-state index contributed by atoms with van der Waals surface area (Å²) in [6, 6.07) is 0. The molecule has 0 atom stereocenters. The van der Waals surface area contributed by atoms with Crippen molar-refractivity contribution >= 4 is 12.1 Å². The molecule has 142 valence electrons. The van der Waals surface area contributed by atoms with Gasteiger partial charge < -0.3 is 25.4 Å². The van der Waals surface area contributed by atoms with Crippen LogP contribution in [0, 0.1) is 5.92 Å². The summed E-state index contributed by atoms with van der Waals surface area (Å²) < 4.78 is 10.7. The van der Waals surface area contributed by atoms with Gasteiger partial charge in [0.2, 0.25) is 0 Å². The van der Waals surface area contributed by atoms with Crippen LogP contribution < -0.4 is 16.0 Å². The Balaban J connectivity index is 3.61. The van der Waals surface area contributed by atoms with Gasteiger partial charge in [-0.15, -0.1) is 0 Å². The van der Waals surface area contributed by atoms with Crippen LogP contribution in [0.3, 0.4) is 0 Å². The normalized spacial score (nSPS) is 12.2. The highest BCUT2D eigenvalue weighted by molar-refractivity contribution is 5.79. The second-order valence-corrected chi connectivity index (χ2v) is 7.03. The van der Waals surface area contributed by atoms with E-state index in [1.165, 1.54) is 0 Å². The van der Waals surface area contributed by atoms with E-state index in [-0.39, 0.29) is 6.09 Å². The number of amides is 1. The van der Waals surface area contributed by atoms with Gasteiger partial charge in [0, 0.05) is 39.9 Å². The van der Waals surface area contributed by atoms with E-state index in [0.717, 1.165) is 45.1 Å². The first-order chi connectivity index (χ1) is 11.2. The Kier molecular flexibility index (Phi) is 12.1. The molecule has 1 amide bonds. The van der Waals surface area contributed by atoms with Crippen LogP contribution in [0.2, 0.25) is 0 Å². The fourth-order valence-electron chi connectivity index (χ4n) is 1.72. The number of hydrogen-bond acceptors (Lipinski definition) is 4. The second kappa shape index (κ2) is 12.9. The first kappa shape index (κ1) is 22.5. The van der Waals surface area contributed by atoms with Crippen molar-refractivity contribution in [2.24, 2.45) is 10.9 Å². The summed E-state index contributed by atoms with van der Waals surface area (Å²) in [7, 11) is 1.74. The Morgan fingerprint density at radius 3 is 2.17 bits per heavy atom. The third kappa shape index (κ3) is 15.4. The number of carbonyl (C=O) groups is 1. The predicted octanol–water partition coefficient (Wildman–Crippen LogP) is 2.13. The SMILES string of the molecule is CN=C(NCCCNC(=O)OC(C)(C)C)NCCCOCC(C)C. The number of nitrogens with zero attached hydrogens (tertiary/aromatic N) is 1. The van der Waals surface area contributed by atoms with Gasteiger partial charge in [0.05, 0.1) is 0 Å². The molecule has 0 aliphatic rings. The summed E-state index contributed by atoms with van der Waals surface area (Å²) in [6.07, 6.45) is 1.34. The first-order valence-corrected chi connectivity index (χ1v) is 8.73. The fraction of sp³-hybridized carbons (Fsp3) is 0.882. The third-order valence-corrected chi connectivity index (χ3v) is 2.75. The zero-order valence-corrected chi connectivity index (χ0v) is 16.2. The molecule has 0 fully saturated rings. The molecule has 0 aromatic heterocycles. The van der Waals surface area contributed by atoms with Crippen molar-refractivity contribution in [2.45, 2.75) is 53.1 Å². The van der Waals surface area contributed by atoms with Crippen LogP contribution in [0.25, 0.3) is 0 Å². The molecule has 7 nitrogen and oxygen atoms in total. The molecule has 0 saturated carbocycles. The second-order valence-electron chi connectivity index (χ2n) is 7.03. The molecular weight excluding hydrogens is 308 g/mol. The molecule has 0 aliphatic carbocycles. The van der Waals surface area contributed by atoms with Crippen molar-refractivity contribution in [3.8, 4) is 0 Å². The van der Waals surface area contributed by atoms with Gasteiger partial charge in [-0.1, -0.05) is 13.8 Å². The Morgan fingerprint density at radius 2 is 1.62 bits per heavy atom. The largest absolute Gasteiger partial charge is 0.444 e. The Hall–Kier alpha value is -1.50. The van der Waals surface area contributed by atoms with E-state index in [9.17, 15) is 4.79 Å². The van der Waals surface area contributed by atoms with Crippen LogP contribution in [0.4, 0.5) is 4.79 Å². The van der Waals surface area contributed by atoms with E-state index in [2.05, 4.69) is 34.8 Å². The lowest BCUT2D eigenvalue weighted by Crippen LogP contribution is -2.39. The maximum absolute atomic E-state index is 11.5. The molecule has 0 radical (unpaired) electrons. The van der Waals surface area contributed by atoms with Crippen molar-refractivity contribution in [3.63, 3.8) is 0 Å². The minimum absolute atomic E-state index is 0.383. The molecule has 0 bridgehead atoms. The molecule has 3 N–H and O–H groups in total. The number of guanidine groups is 1. The van der Waals surface area contributed by atoms with Crippen molar-refractivity contribution in [1.82, 2.24) is 16.0 Å². The van der Waals surface area contributed by atoms with Crippen LogP contribution >= 0.6 is 0 Å². The van der Waals surface area contributed by atoms with Crippen LogP contribution in [0.5, 0.6) is 0 Å². The van der Waals surface area contributed by atoms with Crippen molar-refractivity contribution in [3.05, 3.63) is 0 Å². The summed E-state index contributed by atoms with van der Waals surface area (Å²) in [5.41, 5.74) is -0.465. The van der Waals surface area contributed by atoms with Gasteiger partial charge in [0.1, 0.15) is 5.60 Å².